The predicted octanol–water partition coefficient (Wildman–Crippen LogP) is 5.94. The first-order chi connectivity index (χ1) is 13.3. The third-order valence-electron chi connectivity index (χ3n) is 5.32. The number of carbonyl (C=O) groups excluding carboxylic acids is 1. The highest BCUT2D eigenvalue weighted by Gasteiger charge is 2.44. The first kappa shape index (κ1) is 20.3. The quantitative estimate of drug-likeness (QED) is 0.573. The van der Waals surface area contributed by atoms with Crippen LogP contribution in [0.4, 0.5) is 9.18 Å². The van der Waals surface area contributed by atoms with Crippen LogP contribution in [0, 0.1) is 23.1 Å². The van der Waals surface area contributed by atoms with E-state index in [1.165, 1.54) is 12.1 Å². The molecule has 3 atom stereocenters. The Morgan fingerprint density at radius 1 is 1.21 bits per heavy atom. The van der Waals surface area contributed by atoms with E-state index in [4.69, 9.17) is 4.74 Å². The van der Waals surface area contributed by atoms with Crippen molar-refractivity contribution in [1.82, 2.24) is 4.90 Å². The Morgan fingerprint density at radius 2 is 1.86 bits per heavy atom. The van der Waals surface area contributed by atoms with Gasteiger partial charge in [0, 0.05) is 29.8 Å². The maximum absolute atomic E-state index is 13.4. The minimum absolute atomic E-state index is 0.139. The Hall–Kier alpha value is -2.39. The molecule has 1 heterocycles. The molecule has 0 radical (unpaired) electrons. The van der Waals surface area contributed by atoms with Crippen LogP contribution in [0.3, 0.4) is 0 Å². The minimum Gasteiger partial charge on any atom is -0.438 e. The van der Waals surface area contributed by atoms with E-state index in [-0.39, 0.29) is 17.8 Å². The van der Waals surface area contributed by atoms with Gasteiger partial charge in [-0.05, 0) is 49.2 Å². The molecule has 0 bridgehead atoms. The number of benzene rings is 2. The highest BCUT2D eigenvalue weighted by molar-refractivity contribution is 9.10. The van der Waals surface area contributed by atoms with Crippen molar-refractivity contribution in [1.29, 1.82) is 5.26 Å². The topological polar surface area (TPSA) is 53.3 Å². The summed E-state index contributed by atoms with van der Waals surface area (Å²) in [4.78, 5) is 14.6. The van der Waals surface area contributed by atoms with Gasteiger partial charge in [-0.1, -0.05) is 40.2 Å². The molecule has 0 aromatic heterocycles. The van der Waals surface area contributed by atoms with Gasteiger partial charge in [-0.2, -0.15) is 5.26 Å². The van der Waals surface area contributed by atoms with Crippen molar-refractivity contribution in [2.75, 3.05) is 6.54 Å². The van der Waals surface area contributed by atoms with Crippen LogP contribution in [0.1, 0.15) is 43.9 Å². The van der Waals surface area contributed by atoms with Crippen molar-refractivity contribution >= 4 is 22.0 Å². The maximum atomic E-state index is 13.4. The first-order valence-corrected chi connectivity index (χ1v) is 10.0. The zero-order valence-corrected chi connectivity index (χ0v) is 17.4. The Bertz CT molecular complexity index is 879. The fourth-order valence-corrected chi connectivity index (χ4v) is 3.97. The smallest absolute Gasteiger partial charge is 0.411 e. The second-order valence-electron chi connectivity index (χ2n) is 7.27. The van der Waals surface area contributed by atoms with Gasteiger partial charge in [-0.25, -0.2) is 9.18 Å². The number of rotatable bonds is 5. The van der Waals surface area contributed by atoms with Gasteiger partial charge in [0.25, 0.3) is 0 Å². The summed E-state index contributed by atoms with van der Waals surface area (Å²) >= 11 is 3.42. The van der Waals surface area contributed by atoms with Gasteiger partial charge < -0.3 is 9.64 Å². The maximum Gasteiger partial charge on any atom is 0.411 e. The summed E-state index contributed by atoms with van der Waals surface area (Å²) in [5.74, 6) is -0.645. The molecule has 0 aliphatic carbocycles. The molecule has 0 spiro atoms. The zero-order chi connectivity index (χ0) is 20.3. The van der Waals surface area contributed by atoms with Crippen molar-refractivity contribution in [3.63, 3.8) is 0 Å². The van der Waals surface area contributed by atoms with Crippen LogP contribution < -0.4 is 0 Å². The van der Waals surface area contributed by atoms with E-state index in [0.717, 1.165) is 15.6 Å². The molecule has 1 amide bonds. The molecule has 1 aliphatic heterocycles. The van der Waals surface area contributed by atoms with Crippen molar-refractivity contribution in [2.24, 2.45) is 5.92 Å². The molecule has 1 fully saturated rings. The molecule has 6 heteroatoms. The monoisotopic (exact) mass is 444 g/mol. The van der Waals surface area contributed by atoms with Gasteiger partial charge in [0.15, 0.2) is 0 Å². The van der Waals surface area contributed by atoms with E-state index in [2.05, 4.69) is 22.0 Å². The van der Waals surface area contributed by atoms with Crippen LogP contribution in [0.15, 0.2) is 53.0 Å². The number of ether oxygens (including phenoxy) is 1. The number of hydrogen-bond donors (Lipinski definition) is 0. The van der Waals surface area contributed by atoms with E-state index >= 15 is 0 Å². The second-order valence-corrected chi connectivity index (χ2v) is 8.19. The summed E-state index contributed by atoms with van der Waals surface area (Å²) in [6.45, 7) is 4.26. The van der Waals surface area contributed by atoms with E-state index < -0.39 is 11.7 Å². The van der Waals surface area contributed by atoms with Gasteiger partial charge in [0.2, 0.25) is 0 Å². The number of hydrogen-bond acceptors (Lipinski definition) is 3. The third kappa shape index (κ3) is 4.20. The number of carbonyl (C=O) groups is 1. The fraction of sp³-hybridized carbons (Fsp3) is 0.364. The normalized spacial score (nSPS) is 21.5. The average molecular weight is 445 g/mol. The summed E-state index contributed by atoms with van der Waals surface area (Å²) in [5, 5.41) is 9.28. The van der Waals surface area contributed by atoms with Gasteiger partial charge in [0.1, 0.15) is 11.4 Å². The van der Waals surface area contributed by atoms with Gasteiger partial charge >= 0.3 is 6.09 Å². The molecule has 1 saturated heterocycles. The standard InChI is InChI=1S/C22H22BrFN2O2/c1-15(14-25)13-22(18-5-9-20(24)10-6-18)11-12-26(21(27)28-22)16(2)17-3-7-19(23)8-4-17/h3-10,15-16H,11-13H2,1-2H3/t15?,16-,22?/m0/s1. The van der Waals surface area contributed by atoms with Crippen molar-refractivity contribution in [2.45, 2.75) is 38.3 Å². The molecule has 0 N–H and O–H groups in total. The van der Waals surface area contributed by atoms with Gasteiger partial charge in [-0.3, -0.25) is 0 Å². The van der Waals surface area contributed by atoms with E-state index in [1.54, 1.807) is 24.0 Å². The molecule has 3 rings (SSSR count). The van der Waals surface area contributed by atoms with Crippen molar-refractivity contribution in [3.8, 4) is 6.07 Å². The van der Waals surface area contributed by atoms with Gasteiger partial charge in [-0.15, -0.1) is 0 Å². The summed E-state index contributed by atoms with van der Waals surface area (Å²) in [7, 11) is 0. The fourth-order valence-electron chi connectivity index (χ4n) is 3.70. The number of amides is 1. The number of nitriles is 1. The minimum atomic E-state index is -0.921. The Labute approximate surface area is 173 Å². The zero-order valence-electron chi connectivity index (χ0n) is 15.9. The third-order valence-corrected chi connectivity index (χ3v) is 5.85. The first-order valence-electron chi connectivity index (χ1n) is 9.25. The summed E-state index contributed by atoms with van der Waals surface area (Å²) < 4.78 is 20.3. The second kappa shape index (κ2) is 8.32. The molecule has 1 aliphatic rings. The molecule has 28 heavy (non-hydrogen) atoms. The highest BCUT2D eigenvalue weighted by atomic mass is 79.9. The molecule has 0 saturated carbocycles. The molecule has 2 aromatic rings. The van der Waals surface area contributed by atoms with Crippen LogP contribution in [0.25, 0.3) is 0 Å². The van der Waals surface area contributed by atoms with Crippen LogP contribution in [0.5, 0.6) is 0 Å². The average Bonchev–Trinajstić information content (AvgIpc) is 2.68. The molecule has 2 unspecified atom stereocenters. The van der Waals surface area contributed by atoms with Crippen LogP contribution in [0.2, 0.25) is 0 Å². The lowest BCUT2D eigenvalue weighted by Gasteiger charge is -2.44. The Balaban J connectivity index is 1.86. The summed E-state index contributed by atoms with van der Waals surface area (Å²) in [5.41, 5.74) is 0.815. The number of cyclic esters (lactones) is 1. The van der Waals surface area contributed by atoms with Crippen LogP contribution >= 0.6 is 15.9 Å². The largest absolute Gasteiger partial charge is 0.438 e. The summed E-state index contributed by atoms with van der Waals surface area (Å²) in [6.07, 6.45) is 0.495. The molecular formula is C22H22BrFN2O2. The summed E-state index contributed by atoms with van der Waals surface area (Å²) in [6, 6.07) is 15.9. The Kier molecular flexibility index (Phi) is 6.04. The lowest BCUT2D eigenvalue weighted by atomic mass is 9.81. The van der Waals surface area contributed by atoms with E-state index in [9.17, 15) is 14.4 Å². The number of nitrogens with zero attached hydrogens (tertiary/aromatic N) is 2. The molecule has 4 nitrogen and oxygen atoms in total. The van der Waals surface area contributed by atoms with Gasteiger partial charge in [0.05, 0.1) is 12.1 Å². The van der Waals surface area contributed by atoms with E-state index in [0.29, 0.717) is 19.4 Å². The highest BCUT2D eigenvalue weighted by Crippen LogP contribution is 2.41. The lowest BCUT2D eigenvalue weighted by molar-refractivity contribution is -0.0697. The molecule has 2 aromatic carbocycles. The Morgan fingerprint density at radius 3 is 2.43 bits per heavy atom. The van der Waals surface area contributed by atoms with E-state index in [1.807, 2.05) is 31.2 Å². The molecular weight excluding hydrogens is 423 g/mol. The predicted molar refractivity (Wildman–Crippen MR) is 108 cm³/mol. The number of halogens is 2. The lowest BCUT2D eigenvalue weighted by Crippen LogP contribution is -2.49. The van der Waals surface area contributed by atoms with Crippen molar-refractivity contribution in [3.05, 3.63) is 69.9 Å². The van der Waals surface area contributed by atoms with Crippen molar-refractivity contribution < 1.29 is 13.9 Å². The van der Waals surface area contributed by atoms with Crippen LogP contribution in [-0.4, -0.2) is 17.5 Å². The van der Waals surface area contributed by atoms with Crippen LogP contribution in [-0.2, 0) is 10.3 Å². The SMILES string of the molecule is CC(C#N)CC1(c2ccc(F)cc2)CCN([C@@H](C)c2ccc(Br)cc2)C(=O)O1. The molecule has 146 valence electrons.